The Labute approximate surface area is 131 Å². The quantitative estimate of drug-likeness (QED) is 0.792. The van der Waals surface area contributed by atoms with Crippen LogP contribution in [0.5, 0.6) is 0 Å². The van der Waals surface area contributed by atoms with Crippen LogP contribution < -0.4 is 5.32 Å². The Morgan fingerprint density at radius 2 is 2.14 bits per heavy atom. The standard InChI is InChI=1S/C14H16N6OS/c1-8(13-16-10(3)7-22-13)6-15-12(21)11-18-19-14-17-9(2)4-5-20(11)14/h4-5,7-8H,6H2,1-3H3,(H,15,21)/t8-/m0/s1. The Kier molecular flexibility index (Phi) is 3.84. The van der Waals surface area contributed by atoms with Gasteiger partial charge in [-0.25, -0.2) is 9.97 Å². The summed E-state index contributed by atoms with van der Waals surface area (Å²) in [5.41, 5.74) is 1.84. The molecule has 3 aromatic rings. The number of thiazole rings is 1. The molecule has 0 saturated heterocycles. The predicted molar refractivity (Wildman–Crippen MR) is 83.1 cm³/mol. The number of fused-ring (bicyclic) bond motifs is 1. The molecular formula is C14H16N6OS. The van der Waals surface area contributed by atoms with Gasteiger partial charge in [-0.3, -0.25) is 9.20 Å². The molecule has 0 radical (unpaired) electrons. The Bertz CT molecular complexity index is 824. The Morgan fingerprint density at radius 1 is 1.32 bits per heavy atom. The number of aromatic nitrogens is 5. The average molecular weight is 316 g/mol. The van der Waals surface area contributed by atoms with Crippen molar-refractivity contribution < 1.29 is 4.79 Å². The summed E-state index contributed by atoms with van der Waals surface area (Å²) in [4.78, 5) is 20.9. The first-order chi connectivity index (χ1) is 10.5. The van der Waals surface area contributed by atoms with Crippen molar-refractivity contribution >= 4 is 23.0 Å². The van der Waals surface area contributed by atoms with Gasteiger partial charge in [-0.15, -0.1) is 21.5 Å². The van der Waals surface area contributed by atoms with Gasteiger partial charge < -0.3 is 5.32 Å². The van der Waals surface area contributed by atoms with Crippen molar-refractivity contribution in [2.24, 2.45) is 0 Å². The van der Waals surface area contributed by atoms with Crippen LogP contribution in [0.4, 0.5) is 0 Å². The third-order valence-electron chi connectivity index (χ3n) is 3.25. The maximum Gasteiger partial charge on any atom is 0.289 e. The van der Waals surface area contributed by atoms with Gasteiger partial charge in [0.05, 0.1) is 5.01 Å². The first-order valence-electron chi connectivity index (χ1n) is 6.93. The summed E-state index contributed by atoms with van der Waals surface area (Å²) < 4.78 is 1.58. The number of rotatable bonds is 4. The Morgan fingerprint density at radius 3 is 2.86 bits per heavy atom. The van der Waals surface area contributed by atoms with E-state index in [-0.39, 0.29) is 17.6 Å². The van der Waals surface area contributed by atoms with E-state index in [1.165, 1.54) is 0 Å². The maximum atomic E-state index is 12.3. The second-order valence-corrected chi connectivity index (χ2v) is 6.09. The third-order valence-corrected chi connectivity index (χ3v) is 4.44. The fourth-order valence-electron chi connectivity index (χ4n) is 2.04. The van der Waals surface area contributed by atoms with E-state index >= 15 is 0 Å². The lowest BCUT2D eigenvalue weighted by molar-refractivity contribution is 0.0940. The molecule has 0 aliphatic carbocycles. The van der Waals surface area contributed by atoms with Crippen molar-refractivity contribution in [1.29, 1.82) is 0 Å². The molecule has 1 atom stereocenters. The molecule has 3 rings (SSSR count). The van der Waals surface area contributed by atoms with E-state index in [1.807, 2.05) is 32.2 Å². The normalized spacial score (nSPS) is 12.5. The van der Waals surface area contributed by atoms with Gasteiger partial charge in [0.1, 0.15) is 0 Å². The molecule has 0 spiro atoms. The van der Waals surface area contributed by atoms with Gasteiger partial charge in [0.15, 0.2) is 0 Å². The van der Waals surface area contributed by atoms with E-state index in [2.05, 4.69) is 25.5 Å². The van der Waals surface area contributed by atoms with Gasteiger partial charge in [-0.1, -0.05) is 6.92 Å². The molecule has 114 valence electrons. The minimum absolute atomic E-state index is 0.155. The number of hydrogen-bond donors (Lipinski definition) is 1. The third kappa shape index (κ3) is 2.82. The molecule has 3 heterocycles. The smallest absolute Gasteiger partial charge is 0.289 e. The second-order valence-electron chi connectivity index (χ2n) is 5.20. The van der Waals surface area contributed by atoms with Crippen LogP contribution in [-0.4, -0.2) is 37.0 Å². The molecule has 22 heavy (non-hydrogen) atoms. The van der Waals surface area contributed by atoms with Gasteiger partial charge in [-0.2, -0.15) is 0 Å². The zero-order valence-corrected chi connectivity index (χ0v) is 13.4. The van der Waals surface area contributed by atoms with Gasteiger partial charge >= 0.3 is 0 Å². The number of aryl methyl sites for hydroxylation is 2. The summed E-state index contributed by atoms with van der Waals surface area (Å²) >= 11 is 1.61. The molecule has 0 unspecified atom stereocenters. The number of nitrogens with one attached hydrogen (secondary N) is 1. The van der Waals surface area contributed by atoms with E-state index in [1.54, 1.807) is 21.9 Å². The van der Waals surface area contributed by atoms with Crippen LogP contribution in [0.3, 0.4) is 0 Å². The van der Waals surface area contributed by atoms with Crippen molar-refractivity contribution in [1.82, 2.24) is 29.9 Å². The molecule has 3 aromatic heterocycles. The van der Waals surface area contributed by atoms with Crippen molar-refractivity contribution in [3.8, 4) is 0 Å². The van der Waals surface area contributed by atoms with Crippen LogP contribution in [0.1, 0.15) is 39.9 Å². The molecule has 7 nitrogen and oxygen atoms in total. The SMILES string of the molecule is Cc1csc([C@@H](C)CNC(=O)c2nnc3nc(C)ccn23)n1. The lowest BCUT2D eigenvalue weighted by Gasteiger charge is -2.09. The molecule has 0 fully saturated rings. The first-order valence-corrected chi connectivity index (χ1v) is 7.81. The van der Waals surface area contributed by atoms with Gasteiger partial charge in [-0.05, 0) is 19.9 Å². The van der Waals surface area contributed by atoms with Crippen molar-refractivity contribution in [2.45, 2.75) is 26.7 Å². The van der Waals surface area contributed by atoms with E-state index in [0.717, 1.165) is 16.4 Å². The first kappa shape index (κ1) is 14.6. The van der Waals surface area contributed by atoms with E-state index in [0.29, 0.717) is 12.3 Å². The summed E-state index contributed by atoms with van der Waals surface area (Å²) in [6, 6.07) is 1.81. The van der Waals surface area contributed by atoms with Crippen molar-refractivity contribution in [3.63, 3.8) is 0 Å². The van der Waals surface area contributed by atoms with E-state index in [9.17, 15) is 4.79 Å². The monoisotopic (exact) mass is 316 g/mol. The van der Waals surface area contributed by atoms with Crippen LogP contribution in [-0.2, 0) is 0 Å². The van der Waals surface area contributed by atoms with Crippen LogP contribution in [0.15, 0.2) is 17.6 Å². The Hall–Kier alpha value is -2.35. The lowest BCUT2D eigenvalue weighted by Crippen LogP contribution is -2.29. The van der Waals surface area contributed by atoms with Crippen LogP contribution in [0, 0.1) is 13.8 Å². The average Bonchev–Trinajstić information content (AvgIpc) is 3.10. The molecule has 0 aliphatic heterocycles. The summed E-state index contributed by atoms with van der Waals surface area (Å²) in [7, 11) is 0. The molecule has 0 aliphatic rings. The molecule has 0 aromatic carbocycles. The highest BCUT2D eigenvalue weighted by Crippen LogP contribution is 2.18. The number of hydrogen-bond acceptors (Lipinski definition) is 6. The number of carbonyl (C=O) groups is 1. The zero-order valence-electron chi connectivity index (χ0n) is 12.6. The minimum atomic E-state index is -0.265. The zero-order chi connectivity index (χ0) is 15.7. The summed E-state index contributed by atoms with van der Waals surface area (Å²) in [6.45, 7) is 6.36. The maximum absolute atomic E-state index is 12.3. The van der Waals surface area contributed by atoms with Crippen LogP contribution in [0.25, 0.3) is 5.78 Å². The summed E-state index contributed by atoms with van der Waals surface area (Å²) in [6.07, 6.45) is 1.75. The second kappa shape index (κ2) is 5.80. The molecule has 1 amide bonds. The molecular weight excluding hydrogens is 300 g/mol. The molecule has 0 bridgehead atoms. The highest BCUT2D eigenvalue weighted by Gasteiger charge is 2.17. The number of carbonyl (C=O) groups excluding carboxylic acids is 1. The summed E-state index contributed by atoms with van der Waals surface area (Å²) in [5, 5.41) is 13.7. The van der Waals surface area contributed by atoms with Crippen molar-refractivity contribution in [2.75, 3.05) is 6.54 Å². The largest absolute Gasteiger partial charge is 0.349 e. The van der Waals surface area contributed by atoms with Gasteiger partial charge in [0, 0.05) is 35.4 Å². The fraction of sp³-hybridized carbons (Fsp3) is 0.357. The fourth-order valence-corrected chi connectivity index (χ4v) is 2.90. The summed E-state index contributed by atoms with van der Waals surface area (Å²) in [5.74, 6) is 0.555. The van der Waals surface area contributed by atoms with Gasteiger partial charge in [0.25, 0.3) is 11.7 Å². The van der Waals surface area contributed by atoms with E-state index in [4.69, 9.17) is 0 Å². The number of amides is 1. The topological polar surface area (TPSA) is 85.1 Å². The highest BCUT2D eigenvalue weighted by molar-refractivity contribution is 7.09. The van der Waals surface area contributed by atoms with Crippen LogP contribution >= 0.6 is 11.3 Å². The minimum Gasteiger partial charge on any atom is -0.349 e. The van der Waals surface area contributed by atoms with Crippen molar-refractivity contribution in [3.05, 3.63) is 39.9 Å². The molecule has 0 saturated carbocycles. The molecule has 1 N–H and O–H groups in total. The van der Waals surface area contributed by atoms with E-state index < -0.39 is 0 Å². The van der Waals surface area contributed by atoms with Crippen LogP contribution in [0.2, 0.25) is 0 Å². The molecule has 8 heteroatoms. The highest BCUT2D eigenvalue weighted by atomic mass is 32.1. The number of nitrogens with zero attached hydrogens (tertiary/aromatic N) is 5. The lowest BCUT2D eigenvalue weighted by atomic mass is 10.2. The Balaban J connectivity index is 1.71. The predicted octanol–water partition coefficient (Wildman–Crippen LogP) is 1.73. The van der Waals surface area contributed by atoms with Gasteiger partial charge in [0.2, 0.25) is 5.82 Å².